The Balaban J connectivity index is 1.30. The molecule has 30 heavy (non-hydrogen) atoms. The van der Waals surface area contributed by atoms with E-state index in [2.05, 4.69) is 21.0 Å². The lowest BCUT2D eigenvalue weighted by Gasteiger charge is -2.34. The highest BCUT2D eigenvalue weighted by atomic mass is 35.5. The molecule has 3 aromatic heterocycles. The largest absolute Gasteiger partial charge is 0.336 e. The van der Waals surface area contributed by atoms with E-state index in [4.69, 9.17) is 11.6 Å². The predicted molar refractivity (Wildman–Crippen MR) is 119 cm³/mol. The van der Waals surface area contributed by atoms with Crippen molar-refractivity contribution in [2.45, 2.75) is 6.54 Å². The lowest BCUT2D eigenvalue weighted by atomic mass is 10.2. The fraction of sp³-hybridized carbons (Fsp3) is 0.227. The Morgan fingerprint density at radius 2 is 1.97 bits per heavy atom. The summed E-state index contributed by atoms with van der Waals surface area (Å²) in [5.74, 6) is -0.0109. The van der Waals surface area contributed by atoms with Crippen molar-refractivity contribution in [3.63, 3.8) is 0 Å². The number of rotatable bonds is 4. The number of benzene rings is 1. The number of piperazine rings is 1. The molecule has 1 fully saturated rings. The van der Waals surface area contributed by atoms with E-state index in [9.17, 15) is 4.79 Å². The van der Waals surface area contributed by atoms with Crippen molar-refractivity contribution in [3.05, 3.63) is 76.4 Å². The molecule has 4 heterocycles. The van der Waals surface area contributed by atoms with Crippen LogP contribution in [0.5, 0.6) is 0 Å². The molecule has 0 saturated carbocycles. The van der Waals surface area contributed by atoms with Crippen LogP contribution in [0.2, 0.25) is 5.02 Å². The number of fused-ring (bicyclic) bond motifs is 1. The minimum Gasteiger partial charge on any atom is -0.336 e. The lowest BCUT2D eigenvalue weighted by molar-refractivity contribution is 0.0630. The van der Waals surface area contributed by atoms with Gasteiger partial charge in [0.1, 0.15) is 5.56 Å². The van der Waals surface area contributed by atoms with Crippen LogP contribution in [0.15, 0.2) is 60.2 Å². The second-order valence-electron chi connectivity index (χ2n) is 7.30. The maximum Gasteiger partial charge on any atom is 0.259 e. The standard InChI is InChI=1S/C22H20ClN5OS/c23-17-4-1-3-16(13-17)15-26-8-10-27(11-9-26)22(29)18-14-25-28-19(6-7-24-21(18)28)20-5-2-12-30-20/h1-7,12-14H,8-11,15H2. The highest BCUT2D eigenvalue weighted by molar-refractivity contribution is 7.13. The quantitative estimate of drug-likeness (QED) is 0.483. The van der Waals surface area contributed by atoms with Gasteiger partial charge in [-0.15, -0.1) is 11.3 Å². The van der Waals surface area contributed by atoms with E-state index < -0.39 is 0 Å². The summed E-state index contributed by atoms with van der Waals surface area (Å²) in [5.41, 5.74) is 3.29. The molecule has 0 spiro atoms. The Bertz CT molecular complexity index is 1180. The first kappa shape index (κ1) is 19.2. The molecular formula is C22H20ClN5OS. The Labute approximate surface area is 183 Å². The summed E-state index contributed by atoms with van der Waals surface area (Å²) in [6.45, 7) is 3.85. The van der Waals surface area contributed by atoms with Crippen LogP contribution in [-0.2, 0) is 6.54 Å². The molecule has 152 valence electrons. The fourth-order valence-electron chi connectivity index (χ4n) is 3.83. The molecule has 0 atom stereocenters. The molecule has 4 aromatic rings. The van der Waals surface area contributed by atoms with Gasteiger partial charge in [-0.25, -0.2) is 9.50 Å². The van der Waals surface area contributed by atoms with E-state index >= 15 is 0 Å². The van der Waals surface area contributed by atoms with Gasteiger partial charge < -0.3 is 4.90 Å². The SMILES string of the molecule is O=C(c1cnn2c(-c3cccs3)ccnc12)N1CCN(Cc2cccc(Cl)c2)CC1. The summed E-state index contributed by atoms with van der Waals surface area (Å²) in [6.07, 6.45) is 3.38. The van der Waals surface area contributed by atoms with Gasteiger partial charge in [-0.3, -0.25) is 9.69 Å². The van der Waals surface area contributed by atoms with Crippen LogP contribution in [0, 0.1) is 0 Å². The Morgan fingerprint density at radius 1 is 1.10 bits per heavy atom. The first-order chi connectivity index (χ1) is 14.7. The summed E-state index contributed by atoms with van der Waals surface area (Å²) >= 11 is 7.73. The normalized spacial score (nSPS) is 15.0. The van der Waals surface area contributed by atoms with Crippen molar-refractivity contribution in [1.29, 1.82) is 0 Å². The molecule has 8 heteroatoms. The average Bonchev–Trinajstić information content (AvgIpc) is 3.44. The van der Waals surface area contributed by atoms with Gasteiger partial charge in [0.25, 0.3) is 5.91 Å². The number of hydrogen-bond acceptors (Lipinski definition) is 5. The number of halogens is 1. The van der Waals surface area contributed by atoms with Crippen molar-refractivity contribution in [2.75, 3.05) is 26.2 Å². The van der Waals surface area contributed by atoms with E-state index in [1.165, 1.54) is 5.56 Å². The van der Waals surface area contributed by atoms with Gasteiger partial charge in [0.15, 0.2) is 5.65 Å². The molecule has 6 nitrogen and oxygen atoms in total. The highest BCUT2D eigenvalue weighted by Gasteiger charge is 2.25. The molecular weight excluding hydrogens is 418 g/mol. The zero-order valence-corrected chi connectivity index (χ0v) is 17.8. The summed E-state index contributed by atoms with van der Waals surface area (Å²) in [6, 6.07) is 13.9. The third-order valence-electron chi connectivity index (χ3n) is 5.36. The van der Waals surface area contributed by atoms with Crippen molar-refractivity contribution >= 4 is 34.5 Å². The van der Waals surface area contributed by atoms with Gasteiger partial charge in [0.05, 0.1) is 16.8 Å². The van der Waals surface area contributed by atoms with Gasteiger partial charge in [-0.05, 0) is 35.2 Å². The topological polar surface area (TPSA) is 53.7 Å². The monoisotopic (exact) mass is 437 g/mol. The molecule has 5 rings (SSSR count). The molecule has 0 N–H and O–H groups in total. The second-order valence-corrected chi connectivity index (χ2v) is 8.68. The molecule has 1 aliphatic rings. The molecule has 0 aliphatic carbocycles. The molecule has 1 amide bonds. The maximum absolute atomic E-state index is 13.2. The Kier molecular flexibility index (Phi) is 5.25. The molecule has 1 aliphatic heterocycles. The van der Waals surface area contributed by atoms with Crippen LogP contribution >= 0.6 is 22.9 Å². The zero-order chi connectivity index (χ0) is 20.5. The third kappa shape index (κ3) is 3.71. The van der Waals surface area contributed by atoms with Crippen molar-refractivity contribution in [3.8, 4) is 10.6 Å². The van der Waals surface area contributed by atoms with Gasteiger partial charge in [-0.2, -0.15) is 5.10 Å². The second kappa shape index (κ2) is 8.18. The van der Waals surface area contributed by atoms with E-state index in [-0.39, 0.29) is 5.91 Å². The third-order valence-corrected chi connectivity index (χ3v) is 6.49. The molecule has 0 unspecified atom stereocenters. The maximum atomic E-state index is 13.2. The van der Waals surface area contributed by atoms with E-state index in [0.29, 0.717) is 24.3 Å². The number of nitrogens with zero attached hydrogens (tertiary/aromatic N) is 5. The number of aromatic nitrogens is 3. The lowest BCUT2D eigenvalue weighted by Crippen LogP contribution is -2.48. The zero-order valence-electron chi connectivity index (χ0n) is 16.2. The number of amides is 1. The molecule has 1 saturated heterocycles. The van der Waals surface area contributed by atoms with Crippen LogP contribution < -0.4 is 0 Å². The van der Waals surface area contributed by atoms with Crippen LogP contribution in [0.25, 0.3) is 16.2 Å². The first-order valence-corrected chi connectivity index (χ1v) is 11.1. The minimum atomic E-state index is -0.0109. The fourth-order valence-corrected chi connectivity index (χ4v) is 4.78. The van der Waals surface area contributed by atoms with Crippen LogP contribution in [0.4, 0.5) is 0 Å². The van der Waals surface area contributed by atoms with Crippen molar-refractivity contribution < 1.29 is 4.79 Å². The van der Waals surface area contributed by atoms with Gasteiger partial charge in [0, 0.05) is 43.9 Å². The van der Waals surface area contributed by atoms with Gasteiger partial charge in [0.2, 0.25) is 0 Å². The minimum absolute atomic E-state index is 0.0109. The highest BCUT2D eigenvalue weighted by Crippen LogP contribution is 2.25. The van der Waals surface area contributed by atoms with Gasteiger partial charge >= 0.3 is 0 Å². The number of thiophene rings is 1. The van der Waals surface area contributed by atoms with E-state index in [1.807, 2.05) is 46.7 Å². The predicted octanol–water partition coefficient (Wildman–Crippen LogP) is 4.07. The summed E-state index contributed by atoms with van der Waals surface area (Å²) < 4.78 is 1.76. The molecule has 1 aromatic carbocycles. The van der Waals surface area contributed by atoms with Crippen molar-refractivity contribution in [1.82, 2.24) is 24.4 Å². The Hall–Kier alpha value is -2.74. The van der Waals surface area contributed by atoms with Crippen molar-refractivity contribution in [2.24, 2.45) is 0 Å². The van der Waals surface area contributed by atoms with E-state index in [1.54, 1.807) is 28.2 Å². The first-order valence-electron chi connectivity index (χ1n) is 9.82. The molecule has 0 radical (unpaired) electrons. The average molecular weight is 438 g/mol. The number of carbonyl (C=O) groups is 1. The smallest absolute Gasteiger partial charge is 0.259 e. The molecule has 0 bridgehead atoms. The summed E-state index contributed by atoms with van der Waals surface area (Å²) in [7, 11) is 0. The van der Waals surface area contributed by atoms with Gasteiger partial charge in [-0.1, -0.05) is 29.8 Å². The van der Waals surface area contributed by atoms with Crippen LogP contribution in [0.1, 0.15) is 15.9 Å². The van der Waals surface area contributed by atoms with Crippen LogP contribution in [-0.4, -0.2) is 56.5 Å². The number of hydrogen-bond donors (Lipinski definition) is 0. The summed E-state index contributed by atoms with van der Waals surface area (Å²) in [4.78, 5) is 23.0. The Morgan fingerprint density at radius 3 is 2.73 bits per heavy atom. The summed E-state index contributed by atoms with van der Waals surface area (Å²) in [5, 5.41) is 7.24. The number of carbonyl (C=O) groups excluding carboxylic acids is 1. The van der Waals surface area contributed by atoms with Crippen LogP contribution in [0.3, 0.4) is 0 Å². The van der Waals surface area contributed by atoms with E-state index in [0.717, 1.165) is 35.2 Å².